The highest BCUT2D eigenvalue weighted by molar-refractivity contribution is 7.90. The zero-order valence-corrected chi connectivity index (χ0v) is 19.7. The lowest BCUT2D eigenvalue weighted by Crippen LogP contribution is -2.36. The molecule has 1 amide bonds. The molecule has 1 aliphatic rings. The van der Waals surface area contributed by atoms with Crippen molar-refractivity contribution in [3.05, 3.63) is 65.2 Å². The minimum Gasteiger partial charge on any atom is -0.456 e. The van der Waals surface area contributed by atoms with Crippen molar-refractivity contribution in [2.45, 2.75) is 51.3 Å². The van der Waals surface area contributed by atoms with Crippen LogP contribution in [0.5, 0.6) is 5.75 Å². The largest absolute Gasteiger partial charge is 0.456 e. The van der Waals surface area contributed by atoms with E-state index in [1.165, 1.54) is 12.1 Å². The molecule has 1 aliphatic heterocycles. The number of hydrogen-bond donors (Lipinski definition) is 2. The molecule has 3 N–H and O–H groups in total. The first-order valence-electron chi connectivity index (χ1n) is 10.1. The number of amides is 1. The molecule has 172 valence electrons. The van der Waals surface area contributed by atoms with Crippen molar-refractivity contribution in [3.8, 4) is 5.75 Å². The molecule has 2 aromatic rings. The van der Waals surface area contributed by atoms with Gasteiger partial charge in [-0.25, -0.2) is 13.2 Å². The Morgan fingerprint density at radius 2 is 1.69 bits per heavy atom. The number of anilines is 1. The second kappa shape index (κ2) is 8.74. The van der Waals surface area contributed by atoms with E-state index in [1.807, 2.05) is 39.0 Å². The Hall–Kier alpha value is -3.20. The van der Waals surface area contributed by atoms with Crippen molar-refractivity contribution < 1.29 is 22.7 Å². The third-order valence-electron chi connectivity index (χ3n) is 4.71. The zero-order chi connectivity index (χ0) is 23.7. The van der Waals surface area contributed by atoms with Crippen LogP contribution in [0.3, 0.4) is 0 Å². The molecule has 3 rings (SSSR count). The number of ether oxygens (including phenoxy) is 2. The van der Waals surface area contributed by atoms with Gasteiger partial charge in [-0.15, -0.1) is 0 Å². The summed E-state index contributed by atoms with van der Waals surface area (Å²) in [5.74, 6) is 1.68. The van der Waals surface area contributed by atoms with Gasteiger partial charge in [-0.2, -0.15) is 0 Å². The van der Waals surface area contributed by atoms with Crippen LogP contribution in [-0.4, -0.2) is 31.3 Å². The number of fused-ring (bicyclic) bond motifs is 1. The van der Waals surface area contributed by atoms with Crippen molar-refractivity contribution in [2.24, 2.45) is 5.73 Å². The van der Waals surface area contributed by atoms with Gasteiger partial charge in [-0.1, -0.05) is 18.2 Å². The molecule has 1 heterocycles. The Morgan fingerprint density at radius 1 is 1.09 bits per heavy atom. The van der Waals surface area contributed by atoms with Crippen LogP contribution in [0.2, 0.25) is 0 Å². The summed E-state index contributed by atoms with van der Waals surface area (Å²) < 4.78 is 34.7. The molecule has 0 aromatic heterocycles. The van der Waals surface area contributed by atoms with Crippen LogP contribution in [-0.2, 0) is 27.7 Å². The predicted octanol–water partition coefficient (Wildman–Crippen LogP) is 3.98. The molecule has 0 unspecified atom stereocenters. The van der Waals surface area contributed by atoms with E-state index in [1.54, 1.807) is 24.0 Å². The van der Waals surface area contributed by atoms with E-state index in [2.05, 4.69) is 5.32 Å². The topological polar surface area (TPSA) is 111 Å². The van der Waals surface area contributed by atoms with E-state index >= 15 is 0 Å². The highest BCUT2D eigenvalue weighted by Crippen LogP contribution is 2.32. The quantitative estimate of drug-likeness (QED) is 0.696. The van der Waals surface area contributed by atoms with Crippen LogP contribution in [0.15, 0.2) is 58.9 Å². The van der Waals surface area contributed by atoms with Crippen LogP contribution < -0.4 is 15.8 Å². The molecule has 0 saturated heterocycles. The van der Waals surface area contributed by atoms with E-state index in [4.69, 9.17) is 15.2 Å². The van der Waals surface area contributed by atoms with Crippen molar-refractivity contribution in [3.63, 3.8) is 0 Å². The number of allylic oxidation sites excluding steroid dienone is 1. The molecule has 8 nitrogen and oxygen atoms in total. The normalized spacial score (nSPS) is 13.7. The molecular weight excluding hydrogens is 430 g/mol. The third-order valence-corrected chi connectivity index (χ3v) is 5.83. The maximum atomic E-state index is 12.9. The minimum absolute atomic E-state index is 0.228. The first kappa shape index (κ1) is 23.5. The summed E-state index contributed by atoms with van der Waals surface area (Å²) in [5, 5.41) is 3.10. The van der Waals surface area contributed by atoms with Crippen LogP contribution >= 0.6 is 0 Å². The maximum absolute atomic E-state index is 12.9. The van der Waals surface area contributed by atoms with Gasteiger partial charge >= 0.3 is 6.09 Å². The van der Waals surface area contributed by atoms with E-state index in [9.17, 15) is 13.2 Å². The van der Waals surface area contributed by atoms with Crippen molar-refractivity contribution in [1.82, 2.24) is 4.90 Å². The van der Waals surface area contributed by atoms with Gasteiger partial charge in [0.05, 0.1) is 10.6 Å². The molecule has 0 saturated carbocycles. The van der Waals surface area contributed by atoms with Crippen LogP contribution in [0, 0.1) is 0 Å². The highest BCUT2D eigenvalue weighted by atomic mass is 32.2. The molecule has 0 fully saturated rings. The molecule has 0 bridgehead atoms. The molecule has 0 radical (unpaired) electrons. The Balaban J connectivity index is 1.84. The number of hydrogen-bond acceptors (Lipinski definition) is 7. The minimum atomic E-state index is -3.29. The zero-order valence-electron chi connectivity index (χ0n) is 18.9. The van der Waals surface area contributed by atoms with Crippen LogP contribution in [0.4, 0.5) is 10.5 Å². The number of sulfone groups is 1. The summed E-state index contributed by atoms with van der Waals surface area (Å²) in [6.45, 7) is 7.73. The molecule has 9 heteroatoms. The van der Waals surface area contributed by atoms with E-state index in [0.29, 0.717) is 23.0 Å². The summed E-state index contributed by atoms with van der Waals surface area (Å²) in [6, 6.07) is 12.0. The van der Waals surface area contributed by atoms with Gasteiger partial charge in [0.1, 0.15) is 17.2 Å². The third kappa shape index (κ3) is 5.94. The number of nitrogens with one attached hydrogen (secondary N) is 1. The lowest BCUT2D eigenvalue weighted by atomic mass is 10.1. The number of nitrogens with two attached hydrogens (primary N) is 1. The predicted molar refractivity (Wildman–Crippen MR) is 123 cm³/mol. The van der Waals surface area contributed by atoms with Crippen molar-refractivity contribution in [2.75, 3.05) is 11.6 Å². The summed E-state index contributed by atoms with van der Waals surface area (Å²) in [5.41, 5.74) is 7.62. The molecule has 32 heavy (non-hydrogen) atoms. The standard InChI is InChI=1S/C23H29N3O5S/c1-15-21(24)25-19-12-17(8-11-20(19)30-15)14-26(22(27)31-23(2,3)4)13-16-6-9-18(10-7-16)32(5,28)29/h6-12,25H,13-14,24H2,1-5H3. The lowest BCUT2D eigenvalue weighted by molar-refractivity contribution is 0.0216. The molecule has 0 atom stereocenters. The van der Waals surface area contributed by atoms with Gasteiger partial charge < -0.3 is 20.5 Å². The number of rotatable bonds is 5. The first-order valence-corrected chi connectivity index (χ1v) is 12.0. The summed E-state index contributed by atoms with van der Waals surface area (Å²) >= 11 is 0. The summed E-state index contributed by atoms with van der Waals surface area (Å²) in [7, 11) is -3.29. The summed E-state index contributed by atoms with van der Waals surface area (Å²) in [6.07, 6.45) is 0.689. The molecule has 2 aromatic carbocycles. The average molecular weight is 460 g/mol. The SMILES string of the molecule is CC1=C(N)Nc2cc(CN(Cc3ccc(S(C)(=O)=O)cc3)C(=O)OC(C)(C)C)ccc2O1. The number of carbonyl (C=O) groups is 1. The van der Waals surface area contributed by atoms with Gasteiger partial charge in [-0.05, 0) is 63.1 Å². The Bertz CT molecular complexity index is 1150. The van der Waals surface area contributed by atoms with Gasteiger partial charge in [0, 0.05) is 19.3 Å². The number of carbonyl (C=O) groups excluding carboxylic acids is 1. The molecule has 0 spiro atoms. The van der Waals surface area contributed by atoms with Crippen molar-refractivity contribution in [1.29, 1.82) is 0 Å². The van der Waals surface area contributed by atoms with E-state index in [-0.39, 0.29) is 18.0 Å². The summed E-state index contributed by atoms with van der Waals surface area (Å²) in [4.78, 5) is 14.7. The Kier molecular flexibility index (Phi) is 6.41. The highest BCUT2D eigenvalue weighted by Gasteiger charge is 2.24. The fourth-order valence-corrected chi connectivity index (χ4v) is 3.74. The smallest absolute Gasteiger partial charge is 0.410 e. The Morgan fingerprint density at radius 3 is 2.28 bits per heavy atom. The maximum Gasteiger partial charge on any atom is 0.410 e. The monoisotopic (exact) mass is 459 g/mol. The van der Waals surface area contributed by atoms with Crippen molar-refractivity contribution >= 4 is 21.6 Å². The fourth-order valence-electron chi connectivity index (χ4n) is 3.11. The van der Waals surface area contributed by atoms with Crippen LogP contribution in [0.25, 0.3) is 0 Å². The molecule has 0 aliphatic carbocycles. The lowest BCUT2D eigenvalue weighted by Gasteiger charge is -2.28. The second-order valence-electron chi connectivity index (χ2n) is 8.78. The van der Waals surface area contributed by atoms with Gasteiger partial charge in [0.25, 0.3) is 0 Å². The van der Waals surface area contributed by atoms with E-state index < -0.39 is 21.5 Å². The molecular formula is C23H29N3O5S. The first-order chi connectivity index (χ1) is 14.8. The van der Waals surface area contributed by atoms with E-state index in [0.717, 1.165) is 17.4 Å². The number of benzene rings is 2. The number of nitrogens with zero attached hydrogens (tertiary/aromatic N) is 1. The van der Waals surface area contributed by atoms with Gasteiger partial charge in [-0.3, -0.25) is 4.90 Å². The second-order valence-corrected chi connectivity index (χ2v) is 10.8. The van der Waals surface area contributed by atoms with Gasteiger partial charge in [0.2, 0.25) is 0 Å². The van der Waals surface area contributed by atoms with Crippen LogP contribution in [0.1, 0.15) is 38.8 Å². The van der Waals surface area contributed by atoms with Gasteiger partial charge in [0.15, 0.2) is 15.6 Å². The Labute approximate surface area is 188 Å². The fraction of sp³-hybridized carbons (Fsp3) is 0.348. The average Bonchev–Trinajstić information content (AvgIpc) is 2.67.